The van der Waals surface area contributed by atoms with Crippen LogP contribution in [0.3, 0.4) is 0 Å². The number of likely N-dealkylation sites (tertiary alicyclic amines) is 1. The molecule has 1 fully saturated rings. The van der Waals surface area contributed by atoms with Crippen molar-refractivity contribution >= 4 is 16.8 Å². The normalized spacial score (nSPS) is 18.8. The van der Waals surface area contributed by atoms with Crippen LogP contribution < -0.4 is 5.32 Å². The zero-order chi connectivity index (χ0) is 14.9. The lowest BCUT2D eigenvalue weighted by Crippen LogP contribution is -2.43. The van der Waals surface area contributed by atoms with Gasteiger partial charge in [0.1, 0.15) is 0 Å². The second-order valence-electron chi connectivity index (χ2n) is 6.54. The van der Waals surface area contributed by atoms with Crippen molar-refractivity contribution in [3.63, 3.8) is 0 Å². The highest BCUT2D eigenvalue weighted by Gasteiger charge is 2.29. The Morgan fingerprint density at radius 1 is 1.33 bits per heavy atom. The highest BCUT2D eigenvalue weighted by molar-refractivity contribution is 6.06. The van der Waals surface area contributed by atoms with Gasteiger partial charge in [0.05, 0.1) is 5.56 Å². The fraction of sp³-hybridized carbons (Fsp3) is 0.471. The Balaban J connectivity index is 1.67. The molecule has 3 rings (SSSR count). The molecule has 2 heterocycles. The van der Waals surface area contributed by atoms with E-state index in [4.69, 9.17) is 0 Å². The van der Waals surface area contributed by atoms with Gasteiger partial charge in [-0.2, -0.15) is 0 Å². The first-order valence-corrected chi connectivity index (χ1v) is 7.60. The fourth-order valence-corrected chi connectivity index (χ4v) is 2.98. The zero-order valence-electron chi connectivity index (χ0n) is 12.8. The molecule has 0 bridgehead atoms. The number of piperidine rings is 1. The lowest BCUT2D eigenvalue weighted by atomic mass is 9.80. The SMILES string of the molecule is CN1CCC(C)(CNC(=O)c2c[nH]c3ccccc23)CC1. The number of nitrogens with one attached hydrogen (secondary N) is 2. The van der Waals surface area contributed by atoms with Crippen LogP contribution in [0, 0.1) is 5.41 Å². The number of nitrogens with zero attached hydrogens (tertiary/aromatic N) is 1. The van der Waals surface area contributed by atoms with Crippen molar-refractivity contribution in [2.75, 3.05) is 26.7 Å². The Morgan fingerprint density at radius 3 is 2.81 bits per heavy atom. The molecule has 0 spiro atoms. The second-order valence-corrected chi connectivity index (χ2v) is 6.54. The molecule has 1 aliphatic rings. The average Bonchev–Trinajstić information content (AvgIpc) is 2.92. The third-order valence-corrected chi connectivity index (χ3v) is 4.70. The fourth-order valence-electron chi connectivity index (χ4n) is 2.98. The van der Waals surface area contributed by atoms with Gasteiger partial charge in [-0.3, -0.25) is 4.79 Å². The Hall–Kier alpha value is -1.81. The summed E-state index contributed by atoms with van der Waals surface area (Å²) in [6, 6.07) is 7.91. The molecule has 4 nitrogen and oxygen atoms in total. The molecule has 1 amide bonds. The minimum absolute atomic E-state index is 0.0209. The van der Waals surface area contributed by atoms with Crippen LogP contribution in [-0.2, 0) is 0 Å². The maximum Gasteiger partial charge on any atom is 0.253 e. The number of carbonyl (C=O) groups is 1. The second kappa shape index (κ2) is 5.53. The number of aromatic nitrogens is 1. The number of hydrogen-bond acceptors (Lipinski definition) is 2. The number of hydrogen-bond donors (Lipinski definition) is 2. The number of para-hydroxylation sites is 1. The molecular weight excluding hydrogens is 262 g/mol. The first kappa shape index (κ1) is 14.1. The van der Waals surface area contributed by atoms with Gasteiger partial charge in [-0.1, -0.05) is 25.1 Å². The number of rotatable bonds is 3. The molecule has 4 heteroatoms. The summed E-state index contributed by atoms with van der Waals surface area (Å²) in [5.41, 5.74) is 1.96. The third-order valence-electron chi connectivity index (χ3n) is 4.70. The van der Waals surface area contributed by atoms with Gasteiger partial charge in [-0.05, 0) is 44.5 Å². The lowest BCUT2D eigenvalue weighted by molar-refractivity contribution is 0.0893. The average molecular weight is 285 g/mol. The van der Waals surface area contributed by atoms with E-state index in [0.29, 0.717) is 0 Å². The van der Waals surface area contributed by atoms with Crippen molar-refractivity contribution in [2.24, 2.45) is 5.41 Å². The number of amides is 1. The van der Waals surface area contributed by atoms with Crippen LogP contribution >= 0.6 is 0 Å². The number of aromatic amines is 1. The minimum atomic E-state index is 0.0209. The molecule has 0 radical (unpaired) electrons. The molecule has 0 unspecified atom stereocenters. The number of benzene rings is 1. The molecule has 0 saturated carbocycles. The van der Waals surface area contributed by atoms with E-state index in [9.17, 15) is 4.79 Å². The lowest BCUT2D eigenvalue weighted by Gasteiger charge is -2.37. The third kappa shape index (κ3) is 2.95. The Bertz CT molecular complexity index is 638. The summed E-state index contributed by atoms with van der Waals surface area (Å²) in [6.07, 6.45) is 4.08. The largest absolute Gasteiger partial charge is 0.360 e. The molecule has 0 atom stereocenters. The van der Waals surface area contributed by atoms with E-state index in [1.54, 1.807) is 6.20 Å². The van der Waals surface area contributed by atoms with Gasteiger partial charge in [0.25, 0.3) is 5.91 Å². The van der Waals surface area contributed by atoms with Crippen molar-refractivity contribution in [1.82, 2.24) is 15.2 Å². The van der Waals surface area contributed by atoms with Gasteiger partial charge in [0.2, 0.25) is 0 Å². The molecule has 2 N–H and O–H groups in total. The van der Waals surface area contributed by atoms with Crippen LogP contribution in [0.25, 0.3) is 10.9 Å². The van der Waals surface area contributed by atoms with Crippen LogP contribution in [0.4, 0.5) is 0 Å². The van der Waals surface area contributed by atoms with Gasteiger partial charge in [0.15, 0.2) is 0 Å². The minimum Gasteiger partial charge on any atom is -0.360 e. The summed E-state index contributed by atoms with van der Waals surface area (Å²) in [4.78, 5) is 17.9. The highest BCUT2D eigenvalue weighted by atomic mass is 16.1. The summed E-state index contributed by atoms with van der Waals surface area (Å²) in [5, 5.41) is 4.11. The van der Waals surface area contributed by atoms with Crippen molar-refractivity contribution < 1.29 is 4.79 Å². The summed E-state index contributed by atoms with van der Waals surface area (Å²) in [5.74, 6) is 0.0209. The maximum atomic E-state index is 12.4. The molecule has 21 heavy (non-hydrogen) atoms. The van der Waals surface area contributed by atoms with E-state index in [2.05, 4.69) is 29.2 Å². The Kier molecular flexibility index (Phi) is 3.72. The molecule has 1 saturated heterocycles. The summed E-state index contributed by atoms with van der Waals surface area (Å²) >= 11 is 0. The quantitative estimate of drug-likeness (QED) is 0.910. The van der Waals surface area contributed by atoms with Gasteiger partial charge in [-0.25, -0.2) is 0 Å². The molecule has 0 aliphatic carbocycles. The van der Waals surface area contributed by atoms with Crippen LogP contribution in [0.2, 0.25) is 0 Å². The van der Waals surface area contributed by atoms with E-state index in [0.717, 1.165) is 48.9 Å². The van der Waals surface area contributed by atoms with Crippen molar-refractivity contribution in [2.45, 2.75) is 19.8 Å². The summed E-state index contributed by atoms with van der Waals surface area (Å²) in [7, 11) is 2.16. The first-order chi connectivity index (χ1) is 10.1. The molecule has 2 aromatic rings. The van der Waals surface area contributed by atoms with E-state index < -0.39 is 0 Å². The molecule has 1 aromatic heterocycles. The molecule has 112 valence electrons. The van der Waals surface area contributed by atoms with Crippen molar-refractivity contribution in [1.29, 1.82) is 0 Å². The van der Waals surface area contributed by atoms with E-state index in [1.165, 1.54) is 0 Å². The Labute approximate surface area is 125 Å². The number of H-pyrrole nitrogens is 1. The zero-order valence-corrected chi connectivity index (χ0v) is 12.8. The maximum absolute atomic E-state index is 12.4. The van der Waals surface area contributed by atoms with Crippen LogP contribution in [0.5, 0.6) is 0 Å². The molecule has 1 aromatic carbocycles. The van der Waals surface area contributed by atoms with E-state index >= 15 is 0 Å². The van der Waals surface area contributed by atoms with Gasteiger partial charge in [0, 0.05) is 23.6 Å². The van der Waals surface area contributed by atoms with E-state index in [1.807, 2.05) is 24.3 Å². The predicted octanol–water partition coefficient (Wildman–Crippen LogP) is 2.63. The monoisotopic (exact) mass is 285 g/mol. The predicted molar refractivity (Wildman–Crippen MR) is 85.5 cm³/mol. The van der Waals surface area contributed by atoms with Gasteiger partial charge >= 0.3 is 0 Å². The highest BCUT2D eigenvalue weighted by Crippen LogP contribution is 2.29. The van der Waals surface area contributed by atoms with Gasteiger partial charge < -0.3 is 15.2 Å². The topological polar surface area (TPSA) is 48.1 Å². The van der Waals surface area contributed by atoms with Crippen LogP contribution in [-0.4, -0.2) is 42.5 Å². The van der Waals surface area contributed by atoms with Crippen molar-refractivity contribution in [3.8, 4) is 0 Å². The Morgan fingerprint density at radius 2 is 2.05 bits per heavy atom. The van der Waals surface area contributed by atoms with Gasteiger partial charge in [-0.15, -0.1) is 0 Å². The van der Waals surface area contributed by atoms with Crippen LogP contribution in [0.1, 0.15) is 30.1 Å². The number of carbonyl (C=O) groups excluding carboxylic acids is 1. The van der Waals surface area contributed by atoms with Crippen LogP contribution in [0.15, 0.2) is 30.5 Å². The molecule has 1 aliphatic heterocycles. The summed E-state index contributed by atoms with van der Waals surface area (Å²) < 4.78 is 0. The number of fused-ring (bicyclic) bond motifs is 1. The van der Waals surface area contributed by atoms with Crippen molar-refractivity contribution in [3.05, 3.63) is 36.0 Å². The first-order valence-electron chi connectivity index (χ1n) is 7.60. The molecular formula is C17H23N3O. The van der Waals surface area contributed by atoms with E-state index in [-0.39, 0.29) is 11.3 Å². The summed E-state index contributed by atoms with van der Waals surface area (Å²) in [6.45, 7) is 5.24. The smallest absolute Gasteiger partial charge is 0.253 e. The standard InChI is InChI=1S/C17H23N3O/c1-17(7-9-20(2)10-8-17)12-19-16(21)14-11-18-15-6-4-3-5-13(14)15/h3-6,11,18H,7-10,12H2,1-2H3,(H,19,21).